The van der Waals surface area contributed by atoms with Crippen molar-refractivity contribution in [3.8, 4) is 6.07 Å². The predicted molar refractivity (Wildman–Crippen MR) is 31.3 cm³/mol. The van der Waals surface area contributed by atoms with Crippen molar-refractivity contribution in [3.63, 3.8) is 0 Å². The van der Waals surface area contributed by atoms with Gasteiger partial charge in [0, 0.05) is 6.54 Å². The number of nitrogens with one attached hydrogen (secondary N) is 1. The maximum Gasteiger partial charge on any atom is 0.262 e. The molecule has 1 heterocycles. The van der Waals surface area contributed by atoms with Gasteiger partial charge in [0.15, 0.2) is 0 Å². The van der Waals surface area contributed by atoms with Gasteiger partial charge in [0.1, 0.15) is 11.6 Å². The lowest BCUT2D eigenvalue weighted by atomic mass is 10.4. The summed E-state index contributed by atoms with van der Waals surface area (Å²) in [7, 11) is 0. The van der Waals surface area contributed by atoms with Gasteiger partial charge < -0.3 is 5.32 Å². The molecule has 3 heteroatoms. The first-order chi connectivity index (χ1) is 4.25. The zero-order valence-corrected chi connectivity index (χ0v) is 5.06. The lowest BCUT2D eigenvalue weighted by Gasteiger charge is -1.84. The number of carbonyl (C=O) groups is 1. The standard InChI is InChI=1S/C6H6N2O/c1-4-3-8-6(9)5(4)2-7/h3H2,1H3,(H,8,9)/i5+1. The van der Waals surface area contributed by atoms with Crippen molar-refractivity contribution >= 4 is 5.91 Å². The minimum atomic E-state index is -0.241. The number of amides is 1. The molecule has 0 saturated heterocycles. The molecule has 1 aliphatic rings. The zero-order chi connectivity index (χ0) is 6.85. The Bertz CT molecular complexity index is 222. The van der Waals surface area contributed by atoms with Gasteiger partial charge in [0.25, 0.3) is 5.91 Å². The van der Waals surface area contributed by atoms with Gasteiger partial charge in [-0.25, -0.2) is 0 Å². The predicted octanol–water partition coefficient (Wildman–Crippen LogP) is -0.0437. The minimum absolute atomic E-state index is 0.241. The fourth-order valence-corrected chi connectivity index (χ4v) is 0.730. The van der Waals surface area contributed by atoms with Gasteiger partial charge in [-0.3, -0.25) is 4.79 Å². The van der Waals surface area contributed by atoms with Crippen molar-refractivity contribution in [3.05, 3.63) is 11.1 Å². The van der Waals surface area contributed by atoms with E-state index in [1.54, 1.807) is 6.92 Å². The van der Waals surface area contributed by atoms with Gasteiger partial charge in [0.2, 0.25) is 0 Å². The Kier molecular flexibility index (Phi) is 1.23. The monoisotopic (exact) mass is 123 g/mol. The van der Waals surface area contributed by atoms with Crippen LogP contribution in [-0.2, 0) is 4.79 Å². The average molecular weight is 123 g/mol. The van der Waals surface area contributed by atoms with E-state index in [9.17, 15) is 4.79 Å². The van der Waals surface area contributed by atoms with Crippen molar-refractivity contribution in [2.45, 2.75) is 6.92 Å². The normalized spacial score (nSPS) is 17.6. The molecular formula is C6H6N2O. The molecule has 1 amide bonds. The van der Waals surface area contributed by atoms with Gasteiger partial charge in [-0.05, 0) is 12.5 Å². The third kappa shape index (κ3) is 0.789. The highest BCUT2D eigenvalue weighted by molar-refractivity contribution is 6.00. The second-order valence-electron chi connectivity index (χ2n) is 1.95. The molecule has 0 aromatic carbocycles. The largest absolute Gasteiger partial charge is 0.348 e. The summed E-state index contributed by atoms with van der Waals surface area (Å²) in [5.41, 5.74) is 1.11. The molecule has 0 bridgehead atoms. The molecular weight excluding hydrogens is 117 g/mol. The fourth-order valence-electron chi connectivity index (χ4n) is 0.730. The fraction of sp³-hybridized carbons (Fsp3) is 0.333. The molecule has 1 aliphatic heterocycles. The van der Waals surface area contributed by atoms with Crippen molar-refractivity contribution in [1.29, 1.82) is 5.26 Å². The van der Waals surface area contributed by atoms with Crippen LogP contribution < -0.4 is 5.32 Å². The second-order valence-corrected chi connectivity index (χ2v) is 1.95. The first-order valence-electron chi connectivity index (χ1n) is 2.63. The Morgan fingerprint density at radius 2 is 2.44 bits per heavy atom. The first-order valence-corrected chi connectivity index (χ1v) is 2.63. The van der Waals surface area contributed by atoms with E-state index in [-0.39, 0.29) is 11.5 Å². The van der Waals surface area contributed by atoms with E-state index in [1.807, 2.05) is 6.07 Å². The van der Waals surface area contributed by atoms with E-state index in [4.69, 9.17) is 5.26 Å². The van der Waals surface area contributed by atoms with E-state index in [2.05, 4.69) is 5.32 Å². The third-order valence-electron chi connectivity index (χ3n) is 1.28. The summed E-state index contributed by atoms with van der Waals surface area (Å²) in [5.74, 6) is -0.241. The van der Waals surface area contributed by atoms with Gasteiger partial charge in [0.05, 0.1) is 0 Å². The van der Waals surface area contributed by atoms with Crippen LogP contribution in [0.1, 0.15) is 6.92 Å². The molecule has 0 atom stereocenters. The summed E-state index contributed by atoms with van der Waals surface area (Å²) < 4.78 is 0. The van der Waals surface area contributed by atoms with Crippen LogP contribution >= 0.6 is 0 Å². The maximum atomic E-state index is 10.6. The van der Waals surface area contributed by atoms with Crippen LogP contribution in [0, 0.1) is 11.3 Å². The molecule has 46 valence electrons. The summed E-state index contributed by atoms with van der Waals surface area (Å²) in [5, 5.41) is 10.9. The second kappa shape index (κ2) is 1.90. The van der Waals surface area contributed by atoms with Crippen molar-refractivity contribution in [2.75, 3.05) is 6.54 Å². The lowest BCUT2D eigenvalue weighted by Crippen LogP contribution is -2.16. The topological polar surface area (TPSA) is 52.9 Å². The Hall–Kier alpha value is -1.30. The van der Waals surface area contributed by atoms with Crippen molar-refractivity contribution in [1.82, 2.24) is 5.32 Å². The van der Waals surface area contributed by atoms with Crippen LogP contribution in [0.5, 0.6) is 0 Å². The summed E-state index contributed by atoms with van der Waals surface area (Å²) in [6.45, 7) is 2.30. The number of rotatable bonds is 0. The molecule has 0 aromatic heterocycles. The molecule has 0 aromatic rings. The smallest absolute Gasteiger partial charge is 0.262 e. The highest BCUT2D eigenvalue weighted by Crippen LogP contribution is 2.07. The summed E-state index contributed by atoms with van der Waals surface area (Å²) in [6, 6.07) is 1.83. The van der Waals surface area contributed by atoms with Crippen LogP contribution in [0.2, 0.25) is 0 Å². The van der Waals surface area contributed by atoms with Gasteiger partial charge in [-0.1, -0.05) is 0 Å². The lowest BCUT2D eigenvalue weighted by molar-refractivity contribution is -0.116. The van der Waals surface area contributed by atoms with E-state index in [0.717, 1.165) is 5.57 Å². The summed E-state index contributed by atoms with van der Waals surface area (Å²) in [6.07, 6.45) is 0. The maximum absolute atomic E-state index is 10.6. The molecule has 0 aliphatic carbocycles. The Morgan fingerprint density at radius 1 is 1.78 bits per heavy atom. The average Bonchev–Trinajstić information content (AvgIpc) is 2.12. The van der Waals surface area contributed by atoms with E-state index >= 15 is 0 Å². The molecule has 0 saturated carbocycles. The molecule has 0 radical (unpaired) electrons. The molecule has 0 spiro atoms. The Morgan fingerprint density at radius 3 is 2.67 bits per heavy atom. The van der Waals surface area contributed by atoms with Crippen LogP contribution in [0.25, 0.3) is 0 Å². The SMILES string of the molecule is CC1=[13C](C#N)C(=O)NC1. The molecule has 0 unspecified atom stereocenters. The summed E-state index contributed by atoms with van der Waals surface area (Å²) in [4.78, 5) is 10.6. The number of nitriles is 1. The first kappa shape index (κ1) is 5.83. The van der Waals surface area contributed by atoms with E-state index in [1.165, 1.54) is 0 Å². The number of hydrogen-bond acceptors (Lipinski definition) is 2. The van der Waals surface area contributed by atoms with Gasteiger partial charge in [-0.15, -0.1) is 0 Å². The number of hydrogen-bond donors (Lipinski definition) is 1. The Balaban J connectivity index is 2.99. The molecule has 1 rings (SSSR count). The number of nitrogens with zero attached hydrogens (tertiary/aromatic N) is 1. The minimum Gasteiger partial charge on any atom is -0.348 e. The van der Waals surface area contributed by atoms with Crippen LogP contribution in [0.4, 0.5) is 0 Å². The van der Waals surface area contributed by atoms with Gasteiger partial charge in [-0.2, -0.15) is 5.26 Å². The molecule has 9 heavy (non-hydrogen) atoms. The Labute approximate surface area is 53.0 Å². The van der Waals surface area contributed by atoms with E-state index < -0.39 is 0 Å². The third-order valence-corrected chi connectivity index (χ3v) is 1.28. The zero-order valence-electron chi connectivity index (χ0n) is 5.06. The highest BCUT2D eigenvalue weighted by Gasteiger charge is 2.17. The van der Waals surface area contributed by atoms with Crippen LogP contribution in [0.15, 0.2) is 11.1 Å². The van der Waals surface area contributed by atoms with Crippen LogP contribution in [-0.4, -0.2) is 12.5 Å². The molecule has 0 fully saturated rings. The molecule has 1 N–H and O–H groups in total. The number of carbonyl (C=O) groups excluding carboxylic acids is 1. The highest BCUT2D eigenvalue weighted by atomic mass is 16.2. The van der Waals surface area contributed by atoms with Gasteiger partial charge >= 0.3 is 0 Å². The quantitative estimate of drug-likeness (QED) is 0.459. The summed E-state index contributed by atoms with van der Waals surface area (Å²) >= 11 is 0. The van der Waals surface area contributed by atoms with Crippen LogP contribution in [0.3, 0.4) is 0 Å². The molecule has 3 nitrogen and oxygen atoms in total. The van der Waals surface area contributed by atoms with Crippen molar-refractivity contribution < 1.29 is 4.79 Å². The van der Waals surface area contributed by atoms with E-state index in [0.29, 0.717) is 6.54 Å². The van der Waals surface area contributed by atoms with Crippen molar-refractivity contribution in [2.24, 2.45) is 0 Å².